The molecular formula is C23H25F2NO3. The summed E-state index contributed by atoms with van der Waals surface area (Å²) in [4.78, 5) is 25.7. The van der Waals surface area contributed by atoms with Crippen molar-refractivity contribution in [1.29, 1.82) is 0 Å². The summed E-state index contributed by atoms with van der Waals surface area (Å²) >= 11 is 0. The van der Waals surface area contributed by atoms with Gasteiger partial charge < -0.3 is 4.74 Å². The molecule has 4 nitrogen and oxygen atoms in total. The number of cyclic esters (lactones) is 1. The number of imide groups is 1. The molecule has 0 unspecified atom stereocenters. The highest BCUT2D eigenvalue weighted by Gasteiger charge is 2.37. The monoisotopic (exact) mass is 401 g/mol. The van der Waals surface area contributed by atoms with Gasteiger partial charge >= 0.3 is 6.09 Å². The van der Waals surface area contributed by atoms with Crippen molar-refractivity contribution in [1.82, 2.24) is 4.90 Å². The fourth-order valence-electron chi connectivity index (χ4n) is 3.09. The van der Waals surface area contributed by atoms with Gasteiger partial charge in [0, 0.05) is 18.1 Å². The van der Waals surface area contributed by atoms with Crippen LogP contribution in [0.2, 0.25) is 0 Å². The second-order valence-electron chi connectivity index (χ2n) is 6.41. The number of amides is 2. The number of halogens is 2. The normalized spacial score (nSPS) is 15.4. The average Bonchev–Trinajstić information content (AvgIpc) is 3.08. The standard InChI is InChI=1S/C21H19F2NO3.C2H6/c1-14(18-9-8-16(22)12-19(18)23)7-10-20(25)24-17(13-27-21(24)26)11-15-5-3-2-4-6-15;1-2/h2-6,8-9,12,17H,1,7,10-11,13H2;1-2H3/t17-;/m1./s1. The molecule has 6 heteroatoms. The maximum Gasteiger partial charge on any atom is 0.416 e. The van der Waals surface area contributed by atoms with E-state index >= 15 is 0 Å². The molecule has 29 heavy (non-hydrogen) atoms. The Labute approximate surface area is 169 Å². The Kier molecular flexibility index (Phi) is 8.07. The molecule has 1 aliphatic heterocycles. The van der Waals surface area contributed by atoms with E-state index in [9.17, 15) is 18.4 Å². The van der Waals surface area contributed by atoms with Crippen molar-refractivity contribution >= 4 is 17.6 Å². The Balaban J connectivity index is 0.00000145. The smallest absolute Gasteiger partial charge is 0.416 e. The van der Waals surface area contributed by atoms with E-state index in [0.29, 0.717) is 12.0 Å². The lowest BCUT2D eigenvalue weighted by molar-refractivity contribution is -0.129. The molecular weight excluding hydrogens is 376 g/mol. The zero-order valence-electron chi connectivity index (χ0n) is 16.7. The molecule has 2 aromatic carbocycles. The molecule has 1 fully saturated rings. The summed E-state index contributed by atoms with van der Waals surface area (Å²) in [7, 11) is 0. The van der Waals surface area contributed by atoms with Crippen LogP contribution in [-0.4, -0.2) is 29.5 Å². The van der Waals surface area contributed by atoms with Gasteiger partial charge in [-0.25, -0.2) is 18.5 Å². The number of carbonyl (C=O) groups is 2. The van der Waals surface area contributed by atoms with Gasteiger partial charge in [0.2, 0.25) is 5.91 Å². The molecule has 3 rings (SSSR count). The van der Waals surface area contributed by atoms with Gasteiger partial charge in [0.05, 0.1) is 6.04 Å². The van der Waals surface area contributed by atoms with E-state index in [1.54, 1.807) is 0 Å². The first-order valence-electron chi connectivity index (χ1n) is 9.61. The van der Waals surface area contributed by atoms with Crippen molar-refractivity contribution in [3.8, 4) is 0 Å². The topological polar surface area (TPSA) is 46.6 Å². The van der Waals surface area contributed by atoms with Gasteiger partial charge in [0.1, 0.15) is 18.2 Å². The van der Waals surface area contributed by atoms with Crippen LogP contribution in [-0.2, 0) is 16.0 Å². The van der Waals surface area contributed by atoms with E-state index in [1.165, 1.54) is 6.07 Å². The quantitative estimate of drug-likeness (QED) is 0.653. The van der Waals surface area contributed by atoms with Crippen molar-refractivity contribution in [3.05, 3.63) is 77.9 Å². The highest BCUT2D eigenvalue weighted by atomic mass is 19.1. The lowest BCUT2D eigenvalue weighted by atomic mass is 10.0. The average molecular weight is 401 g/mol. The Morgan fingerprint density at radius 2 is 1.83 bits per heavy atom. The Morgan fingerprint density at radius 1 is 1.14 bits per heavy atom. The molecule has 1 saturated heterocycles. The Hall–Kier alpha value is -3.02. The number of ether oxygens (including phenoxy) is 1. The van der Waals surface area contributed by atoms with E-state index in [0.717, 1.165) is 22.6 Å². The predicted octanol–water partition coefficient (Wildman–Crippen LogP) is 5.37. The number of carbonyl (C=O) groups excluding carboxylic acids is 2. The minimum Gasteiger partial charge on any atom is -0.447 e. The zero-order valence-corrected chi connectivity index (χ0v) is 16.7. The van der Waals surface area contributed by atoms with E-state index in [-0.39, 0.29) is 31.1 Å². The minimum atomic E-state index is -0.727. The highest BCUT2D eigenvalue weighted by Crippen LogP contribution is 2.24. The van der Waals surface area contributed by atoms with Gasteiger partial charge in [-0.05, 0) is 36.1 Å². The molecule has 0 radical (unpaired) electrons. The van der Waals surface area contributed by atoms with Crippen molar-refractivity contribution in [2.45, 2.75) is 39.2 Å². The lowest BCUT2D eigenvalue weighted by Crippen LogP contribution is -2.40. The molecule has 0 saturated carbocycles. The fraction of sp³-hybridized carbons (Fsp3) is 0.304. The molecule has 2 aromatic rings. The summed E-state index contributed by atoms with van der Waals surface area (Å²) in [5.41, 5.74) is 1.53. The predicted molar refractivity (Wildman–Crippen MR) is 108 cm³/mol. The molecule has 1 aliphatic rings. The van der Waals surface area contributed by atoms with Crippen LogP contribution in [0, 0.1) is 11.6 Å². The van der Waals surface area contributed by atoms with Crippen LogP contribution in [0.15, 0.2) is 55.1 Å². The second-order valence-corrected chi connectivity index (χ2v) is 6.41. The SMILES string of the molecule is C=C(CCC(=O)N1C(=O)OC[C@H]1Cc1ccccc1)c1ccc(F)cc1F.CC. The summed E-state index contributed by atoms with van der Waals surface area (Å²) in [5.74, 6) is -1.80. The lowest BCUT2D eigenvalue weighted by Gasteiger charge is -2.20. The maximum atomic E-state index is 13.8. The van der Waals surface area contributed by atoms with Crippen LogP contribution in [0.5, 0.6) is 0 Å². The minimum absolute atomic E-state index is 0.0178. The number of rotatable bonds is 6. The van der Waals surface area contributed by atoms with E-state index in [1.807, 2.05) is 44.2 Å². The number of hydrogen-bond donors (Lipinski definition) is 0. The van der Waals surface area contributed by atoms with Gasteiger partial charge in [-0.3, -0.25) is 4.79 Å². The van der Waals surface area contributed by atoms with E-state index in [4.69, 9.17) is 4.74 Å². The molecule has 0 aromatic heterocycles. The van der Waals surface area contributed by atoms with Crippen LogP contribution < -0.4 is 0 Å². The van der Waals surface area contributed by atoms with Crippen LogP contribution >= 0.6 is 0 Å². The fourth-order valence-corrected chi connectivity index (χ4v) is 3.09. The summed E-state index contributed by atoms with van der Waals surface area (Å²) in [6.45, 7) is 7.92. The maximum absolute atomic E-state index is 13.8. The highest BCUT2D eigenvalue weighted by molar-refractivity contribution is 5.94. The molecule has 0 N–H and O–H groups in total. The van der Waals surface area contributed by atoms with Crippen molar-refractivity contribution in [2.75, 3.05) is 6.61 Å². The zero-order chi connectivity index (χ0) is 21.4. The van der Waals surface area contributed by atoms with Crippen LogP contribution in [0.4, 0.5) is 13.6 Å². The van der Waals surface area contributed by atoms with Crippen LogP contribution in [0.25, 0.3) is 5.57 Å². The number of hydrogen-bond acceptors (Lipinski definition) is 3. The molecule has 0 spiro atoms. The molecule has 154 valence electrons. The van der Waals surface area contributed by atoms with Crippen LogP contribution in [0.1, 0.15) is 37.8 Å². The third kappa shape index (κ3) is 5.73. The molecule has 0 aliphatic carbocycles. The van der Waals surface area contributed by atoms with E-state index in [2.05, 4.69) is 6.58 Å². The molecule has 2 amide bonds. The first kappa shape index (κ1) is 22.3. The Bertz CT molecular complexity index is 868. The van der Waals surface area contributed by atoms with Crippen molar-refractivity contribution < 1.29 is 23.1 Å². The van der Waals surface area contributed by atoms with Gasteiger partial charge in [0.15, 0.2) is 0 Å². The van der Waals surface area contributed by atoms with Crippen molar-refractivity contribution in [3.63, 3.8) is 0 Å². The van der Waals surface area contributed by atoms with Gasteiger partial charge in [-0.2, -0.15) is 0 Å². The summed E-state index contributed by atoms with van der Waals surface area (Å²) in [6.07, 6.45) is -0.0232. The summed E-state index contributed by atoms with van der Waals surface area (Å²) < 4.78 is 31.9. The van der Waals surface area contributed by atoms with Gasteiger partial charge in [-0.15, -0.1) is 0 Å². The van der Waals surface area contributed by atoms with Gasteiger partial charge in [-0.1, -0.05) is 50.8 Å². The summed E-state index contributed by atoms with van der Waals surface area (Å²) in [6, 6.07) is 12.3. The first-order chi connectivity index (χ1) is 14.0. The van der Waals surface area contributed by atoms with Crippen LogP contribution in [0.3, 0.4) is 0 Å². The van der Waals surface area contributed by atoms with E-state index < -0.39 is 23.6 Å². The van der Waals surface area contributed by atoms with Crippen molar-refractivity contribution in [2.24, 2.45) is 0 Å². The molecule has 1 atom stereocenters. The summed E-state index contributed by atoms with van der Waals surface area (Å²) in [5, 5.41) is 0. The molecule has 1 heterocycles. The first-order valence-corrected chi connectivity index (χ1v) is 9.61. The number of benzene rings is 2. The molecule has 0 bridgehead atoms. The largest absolute Gasteiger partial charge is 0.447 e. The van der Waals surface area contributed by atoms with Gasteiger partial charge in [0.25, 0.3) is 0 Å². The third-order valence-corrected chi connectivity index (χ3v) is 4.50. The Morgan fingerprint density at radius 3 is 2.48 bits per heavy atom. The number of nitrogens with zero attached hydrogens (tertiary/aromatic N) is 1. The second kappa shape index (κ2) is 10.5. The number of allylic oxidation sites excluding steroid dienone is 1. The third-order valence-electron chi connectivity index (χ3n) is 4.50.